The van der Waals surface area contributed by atoms with Crippen molar-refractivity contribution in [3.63, 3.8) is 0 Å². The van der Waals surface area contributed by atoms with E-state index in [1.807, 2.05) is 54.6 Å². The van der Waals surface area contributed by atoms with Crippen molar-refractivity contribution >= 4 is 23.0 Å². The maximum absolute atomic E-state index is 14.5. The number of nitrogens with zero attached hydrogens (tertiary/aromatic N) is 2. The molecule has 0 aliphatic carbocycles. The van der Waals surface area contributed by atoms with E-state index in [-0.39, 0.29) is 11.9 Å². The summed E-state index contributed by atoms with van der Waals surface area (Å²) in [7, 11) is 1.64. The van der Waals surface area contributed by atoms with Crippen LogP contribution >= 0.6 is 11.6 Å². The first-order valence-electron chi connectivity index (χ1n) is 8.67. The Bertz CT molecular complexity index is 988. The molecular formula is C22H18ClFN2O. The molecule has 1 unspecified atom stereocenters. The third kappa shape index (κ3) is 3.40. The van der Waals surface area contributed by atoms with Gasteiger partial charge in [0, 0.05) is 17.0 Å². The summed E-state index contributed by atoms with van der Waals surface area (Å²) in [6, 6.07) is 21.9. The molecule has 0 N–H and O–H groups in total. The molecule has 136 valence electrons. The van der Waals surface area contributed by atoms with Crippen molar-refractivity contribution in [2.45, 2.75) is 12.5 Å². The number of benzene rings is 3. The number of halogens is 2. The lowest BCUT2D eigenvalue weighted by Crippen LogP contribution is -2.20. The Morgan fingerprint density at radius 2 is 1.70 bits per heavy atom. The highest BCUT2D eigenvalue weighted by molar-refractivity contribution is 6.30. The summed E-state index contributed by atoms with van der Waals surface area (Å²) in [5.74, 6) is 0.454. The molecule has 5 heteroatoms. The fourth-order valence-corrected chi connectivity index (χ4v) is 3.50. The van der Waals surface area contributed by atoms with Gasteiger partial charge in [0.2, 0.25) is 0 Å². The van der Waals surface area contributed by atoms with Crippen LogP contribution < -0.4 is 9.75 Å². The molecule has 1 aliphatic rings. The van der Waals surface area contributed by atoms with Gasteiger partial charge in [-0.15, -0.1) is 0 Å². The minimum Gasteiger partial charge on any atom is -0.496 e. The minimum absolute atomic E-state index is 0.163. The van der Waals surface area contributed by atoms with Crippen LogP contribution in [0.25, 0.3) is 0 Å². The predicted octanol–water partition coefficient (Wildman–Crippen LogP) is 5.84. The SMILES string of the molecule is COc1ccccc1C1CC(c2ccc(Cl)cc2)=NN1c1ccccc1F. The molecule has 3 aromatic carbocycles. The number of anilines is 1. The fourth-order valence-electron chi connectivity index (χ4n) is 3.37. The Morgan fingerprint density at radius 1 is 1.00 bits per heavy atom. The molecule has 1 aliphatic heterocycles. The topological polar surface area (TPSA) is 24.8 Å². The van der Waals surface area contributed by atoms with Crippen molar-refractivity contribution in [3.05, 3.63) is 94.8 Å². The Labute approximate surface area is 162 Å². The van der Waals surface area contributed by atoms with Crippen molar-refractivity contribution in [1.82, 2.24) is 0 Å². The number of rotatable bonds is 4. The van der Waals surface area contributed by atoms with E-state index in [1.54, 1.807) is 24.3 Å². The van der Waals surface area contributed by atoms with Crippen LogP contribution in [-0.4, -0.2) is 12.8 Å². The van der Waals surface area contributed by atoms with Crippen LogP contribution in [0.1, 0.15) is 23.6 Å². The van der Waals surface area contributed by atoms with E-state index in [2.05, 4.69) is 0 Å². The first-order valence-corrected chi connectivity index (χ1v) is 9.05. The molecule has 1 atom stereocenters. The molecule has 4 rings (SSSR count). The number of hydrogen-bond donors (Lipinski definition) is 0. The predicted molar refractivity (Wildman–Crippen MR) is 107 cm³/mol. The zero-order valence-corrected chi connectivity index (χ0v) is 15.5. The van der Waals surface area contributed by atoms with Crippen LogP contribution in [-0.2, 0) is 0 Å². The van der Waals surface area contributed by atoms with Crippen LogP contribution in [0.5, 0.6) is 5.75 Å². The Morgan fingerprint density at radius 3 is 2.44 bits per heavy atom. The second kappa shape index (κ2) is 7.41. The summed E-state index contributed by atoms with van der Waals surface area (Å²) in [6.45, 7) is 0. The molecule has 3 nitrogen and oxygen atoms in total. The summed E-state index contributed by atoms with van der Waals surface area (Å²) in [5, 5.41) is 7.18. The molecule has 0 aromatic heterocycles. The van der Waals surface area contributed by atoms with Crippen molar-refractivity contribution < 1.29 is 9.13 Å². The van der Waals surface area contributed by atoms with E-state index < -0.39 is 0 Å². The van der Waals surface area contributed by atoms with E-state index in [1.165, 1.54) is 6.07 Å². The van der Waals surface area contributed by atoms with Crippen LogP contribution in [0, 0.1) is 5.82 Å². The van der Waals surface area contributed by atoms with Gasteiger partial charge in [0.15, 0.2) is 0 Å². The van der Waals surface area contributed by atoms with Gasteiger partial charge >= 0.3 is 0 Å². The second-order valence-corrected chi connectivity index (χ2v) is 6.75. The van der Waals surface area contributed by atoms with Gasteiger partial charge in [-0.05, 0) is 35.9 Å². The van der Waals surface area contributed by atoms with Gasteiger partial charge in [-0.3, -0.25) is 5.01 Å². The van der Waals surface area contributed by atoms with Gasteiger partial charge in [-0.25, -0.2) is 4.39 Å². The minimum atomic E-state index is -0.307. The third-order valence-electron chi connectivity index (χ3n) is 4.69. The van der Waals surface area contributed by atoms with Crippen LogP contribution in [0.2, 0.25) is 5.02 Å². The number of para-hydroxylation sites is 2. The van der Waals surface area contributed by atoms with E-state index in [0.29, 0.717) is 17.1 Å². The lowest BCUT2D eigenvalue weighted by atomic mass is 9.97. The zero-order valence-electron chi connectivity index (χ0n) is 14.8. The van der Waals surface area contributed by atoms with Crippen molar-refractivity contribution in [2.24, 2.45) is 5.10 Å². The molecule has 0 amide bonds. The van der Waals surface area contributed by atoms with Crippen molar-refractivity contribution in [1.29, 1.82) is 0 Å². The molecule has 3 aromatic rings. The molecule has 0 spiro atoms. The second-order valence-electron chi connectivity index (χ2n) is 6.31. The highest BCUT2D eigenvalue weighted by Gasteiger charge is 2.33. The van der Waals surface area contributed by atoms with E-state index >= 15 is 0 Å². The fraction of sp³-hybridized carbons (Fsp3) is 0.136. The van der Waals surface area contributed by atoms with Gasteiger partial charge in [-0.2, -0.15) is 5.10 Å². The maximum Gasteiger partial charge on any atom is 0.148 e. The van der Waals surface area contributed by atoms with E-state index in [9.17, 15) is 4.39 Å². The molecule has 0 saturated carbocycles. The molecule has 0 fully saturated rings. The number of hydrazone groups is 1. The Balaban J connectivity index is 1.80. The Hall–Kier alpha value is -2.85. The average Bonchev–Trinajstić information content (AvgIpc) is 3.13. The lowest BCUT2D eigenvalue weighted by Gasteiger charge is -2.25. The van der Waals surface area contributed by atoms with Gasteiger partial charge in [-0.1, -0.05) is 54.1 Å². The third-order valence-corrected chi connectivity index (χ3v) is 4.94. The van der Waals surface area contributed by atoms with Crippen LogP contribution in [0.3, 0.4) is 0 Å². The van der Waals surface area contributed by atoms with Crippen LogP contribution in [0.4, 0.5) is 10.1 Å². The standard InChI is InChI=1S/C22H18ClFN2O/c1-27-22-9-5-2-6-17(22)21-14-19(15-10-12-16(23)13-11-15)25-26(21)20-8-4-3-7-18(20)24/h2-13,21H,14H2,1H3. The van der Waals surface area contributed by atoms with Gasteiger partial charge < -0.3 is 4.74 Å². The van der Waals surface area contributed by atoms with Gasteiger partial charge in [0.05, 0.1) is 24.6 Å². The zero-order chi connectivity index (χ0) is 18.8. The van der Waals surface area contributed by atoms with E-state index in [4.69, 9.17) is 21.4 Å². The van der Waals surface area contributed by atoms with Crippen molar-refractivity contribution in [3.8, 4) is 5.75 Å². The average molecular weight is 381 g/mol. The first-order chi connectivity index (χ1) is 13.2. The largest absolute Gasteiger partial charge is 0.496 e. The maximum atomic E-state index is 14.5. The molecule has 1 heterocycles. The molecule has 0 bridgehead atoms. The summed E-state index contributed by atoms with van der Waals surface area (Å²) < 4.78 is 20.1. The lowest BCUT2D eigenvalue weighted by molar-refractivity contribution is 0.405. The number of hydrogen-bond acceptors (Lipinski definition) is 3. The molecular weight excluding hydrogens is 363 g/mol. The Kier molecular flexibility index (Phi) is 4.82. The normalized spacial score (nSPS) is 16.3. The highest BCUT2D eigenvalue weighted by atomic mass is 35.5. The van der Waals surface area contributed by atoms with E-state index in [0.717, 1.165) is 22.6 Å². The summed E-state index contributed by atoms with van der Waals surface area (Å²) >= 11 is 6.01. The monoisotopic (exact) mass is 380 g/mol. The number of methoxy groups -OCH3 is 1. The highest BCUT2D eigenvalue weighted by Crippen LogP contribution is 2.40. The summed E-state index contributed by atoms with van der Waals surface area (Å²) in [5.41, 5.74) is 3.26. The molecule has 0 radical (unpaired) electrons. The van der Waals surface area contributed by atoms with Crippen molar-refractivity contribution in [2.75, 3.05) is 12.1 Å². The summed E-state index contributed by atoms with van der Waals surface area (Å²) in [6.07, 6.45) is 0.635. The quantitative estimate of drug-likeness (QED) is 0.567. The summed E-state index contributed by atoms with van der Waals surface area (Å²) in [4.78, 5) is 0. The van der Waals surface area contributed by atoms with Gasteiger partial charge in [0.1, 0.15) is 11.6 Å². The smallest absolute Gasteiger partial charge is 0.148 e. The molecule has 0 saturated heterocycles. The first kappa shape index (κ1) is 17.6. The number of ether oxygens (including phenoxy) is 1. The van der Waals surface area contributed by atoms with Gasteiger partial charge in [0.25, 0.3) is 0 Å². The van der Waals surface area contributed by atoms with Crippen LogP contribution in [0.15, 0.2) is 77.9 Å². The molecule has 27 heavy (non-hydrogen) atoms.